The molecule has 0 bridgehead atoms. The molecule has 2 fully saturated rings. The number of ether oxygens (including phenoxy) is 1. The minimum Gasteiger partial charge on any atom is -0.368 e. The first-order valence-corrected chi connectivity index (χ1v) is 9.64. The van der Waals surface area contributed by atoms with Gasteiger partial charge in [-0.1, -0.05) is 6.07 Å². The van der Waals surface area contributed by atoms with Crippen LogP contribution in [0.3, 0.4) is 0 Å². The number of piperidine rings is 1. The third-order valence-electron chi connectivity index (χ3n) is 4.86. The Bertz CT molecular complexity index is 796. The zero-order valence-electron chi connectivity index (χ0n) is 14.0. The number of nitrogens with zero attached hydrogens (tertiary/aromatic N) is 3. The summed E-state index contributed by atoms with van der Waals surface area (Å²) in [4.78, 5) is 27.8. The van der Waals surface area contributed by atoms with Gasteiger partial charge in [-0.25, -0.2) is 4.68 Å². The maximum Gasteiger partial charge on any atom is 0.267 e. The zero-order valence-corrected chi connectivity index (χ0v) is 14.8. The van der Waals surface area contributed by atoms with E-state index < -0.39 is 0 Å². The number of hydrogen-bond acceptors (Lipinski definition) is 5. The smallest absolute Gasteiger partial charge is 0.267 e. The third-order valence-corrected chi connectivity index (χ3v) is 5.75. The van der Waals surface area contributed by atoms with Crippen LogP contribution in [0, 0.1) is 0 Å². The van der Waals surface area contributed by atoms with E-state index in [1.165, 1.54) is 0 Å². The Kier molecular flexibility index (Phi) is 4.67. The summed E-state index contributed by atoms with van der Waals surface area (Å²) in [5, 5.41) is 6.57. The van der Waals surface area contributed by atoms with Gasteiger partial charge < -0.3 is 9.64 Å². The highest BCUT2D eigenvalue weighted by molar-refractivity contribution is 7.13. The standard InChI is InChI=1S/C18H21N3O3S/c22-17-8-7-14(16-6-3-11-25-16)19-21(17)13-4-1-9-20(12-13)18(23)15-5-2-10-24-15/h3,6-8,11,13,15H,1-2,4-5,9-10,12H2/t13-,15+/m1/s1. The Balaban J connectivity index is 1.55. The molecular weight excluding hydrogens is 338 g/mol. The van der Waals surface area contributed by atoms with Crippen LogP contribution in [-0.4, -0.2) is 46.4 Å². The van der Waals surface area contributed by atoms with E-state index in [1.807, 2.05) is 22.4 Å². The van der Waals surface area contributed by atoms with Crippen LogP contribution in [0.5, 0.6) is 0 Å². The van der Waals surface area contributed by atoms with Gasteiger partial charge in [-0.3, -0.25) is 9.59 Å². The lowest BCUT2D eigenvalue weighted by Crippen LogP contribution is -2.47. The number of amides is 1. The number of hydrogen-bond donors (Lipinski definition) is 0. The summed E-state index contributed by atoms with van der Waals surface area (Å²) in [5.74, 6) is 0.0599. The highest BCUT2D eigenvalue weighted by Crippen LogP contribution is 2.25. The van der Waals surface area contributed by atoms with Gasteiger partial charge in [-0.15, -0.1) is 11.3 Å². The molecule has 0 unspecified atom stereocenters. The van der Waals surface area contributed by atoms with Crippen molar-refractivity contribution >= 4 is 17.2 Å². The second-order valence-corrected chi connectivity index (χ2v) is 7.51. The summed E-state index contributed by atoms with van der Waals surface area (Å²) in [5.41, 5.74) is 0.689. The average Bonchev–Trinajstić information content (AvgIpc) is 3.35. The predicted molar refractivity (Wildman–Crippen MR) is 95.6 cm³/mol. The van der Waals surface area contributed by atoms with Crippen molar-refractivity contribution in [3.05, 3.63) is 40.0 Å². The van der Waals surface area contributed by atoms with Crippen LogP contribution < -0.4 is 5.56 Å². The van der Waals surface area contributed by atoms with E-state index in [4.69, 9.17) is 4.74 Å². The lowest BCUT2D eigenvalue weighted by atomic mass is 10.0. The average molecular weight is 359 g/mol. The fourth-order valence-electron chi connectivity index (χ4n) is 3.57. The number of rotatable bonds is 3. The summed E-state index contributed by atoms with van der Waals surface area (Å²) in [7, 11) is 0. The van der Waals surface area contributed by atoms with Crippen LogP contribution in [0.15, 0.2) is 34.4 Å². The van der Waals surface area contributed by atoms with Gasteiger partial charge >= 0.3 is 0 Å². The first-order valence-electron chi connectivity index (χ1n) is 8.76. The molecule has 132 valence electrons. The second kappa shape index (κ2) is 7.09. The second-order valence-electron chi connectivity index (χ2n) is 6.56. The van der Waals surface area contributed by atoms with E-state index in [0.717, 1.165) is 42.8 Å². The first kappa shape index (κ1) is 16.5. The lowest BCUT2D eigenvalue weighted by Gasteiger charge is -2.34. The van der Waals surface area contributed by atoms with Gasteiger partial charge in [0.1, 0.15) is 11.8 Å². The van der Waals surface area contributed by atoms with Crippen molar-refractivity contribution in [1.82, 2.24) is 14.7 Å². The van der Waals surface area contributed by atoms with Crippen LogP contribution in [0.4, 0.5) is 0 Å². The van der Waals surface area contributed by atoms with E-state index in [1.54, 1.807) is 28.2 Å². The first-order chi connectivity index (χ1) is 12.2. The molecule has 7 heteroatoms. The van der Waals surface area contributed by atoms with Gasteiger partial charge in [-0.2, -0.15) is 5.10 Å². The molecule has 0 spiro atoms. The molecular formula is C18H21N3O3S. The van der Waals surface area contributed by atoms with E-state index in [2.05, 4.69) is 5.10 Å². The van der Waals surface area contributed by atoms with E-state index in [9.17, 15) is 9.59 Å². The summed E-state index contributed by atoms with van der Waals surface area (Å²) in [6, 6.07) is 7.23. The van der Waals surface area contributed by atoms with Crippen molar-refractivity contribution in [3.8, 4) is 10.6 Å². The Morgan fingerprint density at radius 1 is 1.24 bits per heavy atom. The van der Waals surface area contributed by atoms with Gasteiger partial charge in [-0.05, 0) is 43.2 Å². The van der Waals surface area contributed by atoms with Crippen molar-refractivity contribution in [3.63, 3.8) is 0 Å². The van der Waals surface area contributed by atoms with Crippen LogP contribution in [-0.2, 0) is 9.53 Å². The number of carbonyl (C=O) groups is 1. The van der Waals surface area contributed by atoms with Crippen molar-refractivity contribution in [2.24, 2.45) is 0 Å². The van der Waals surface area contributed by atoms with Gasteiger partial charge in [0, 0.05) is 25.8 Å². The molecule has 25 heavy (non-hydrogen) atoms. The molecule has 0 saturated carbocycles. The molecule has 0 aromatic carbocycles. The molecule has 0 radical (unpaired) electrons. The monoisotopic (exact) mass is 359 g/mol. The highest BCUT2D eigenvalue weighted by Gasteiger charge is 2.32. The fourth-order valence-corrected chi connectivity index (χ4v) is 4.26. The molecule has 1 amide bonds. The minimum absolute atomic E-state index is 0.0599. The van der Waals surface area contributed by atoms with Crippen LogP contribution in [0.1, 0.15) is 31.7 Å². The molecule has 4 rings (SSSR count). The maximum atomic E-state index is 12.6. The molecule has 0 N–H and O–H groups in total. The molecule has 2 aliphatic heterocycles. The summed E-state index contributed by atoms with van der Waals surface area (Å²) in [6.07, 6.45) is 3.17. The van der Waals surface area contributed by atoms with Crippen LogP contribution in [0.25, 0.3) is 10.6 Å². The fraction of sp³-hybridized carbons (Fsp3) is 0.500. The summed E-state index contributed by atoms with van der Waals surface area (Å²) >= 11 is 1.60. The van der Waals surface area contributed by atoms with E-state index >= 15 is 0 Å². The number of carbonyl (C=O) groups excluding carboxylic acids is 1. The number of thiophene rings is 1. The quantitative estimate of drug-likeness (QED) is 0.844. The van der Waals surface area contributed by atoms with E-state index in [-0.39, 0.29) is 23.6 Å². The lowest BCUT2D eigenvalue weighted by molar-refractivity contribution is -0.142. The molecule has 6 nitrogen and oxygen atoms in total. The topological polar surface area (TPSA) is 64.4 Å². The molecule has 2 aromatic rings. The molecule has 4 heterocycles. The van der Waals surface area contributed by atoms with E-state index in [0.29, 0.717) is 13.2 Å². The van der Waals surface area contributed by atoms with Crippen molar-refractivity contribution in [2.45, 2.75) is 37.8 Å². The zero-order chi connectivity index (χ0) is 17.2. The molecule has 2 aromatic heterocycles. The molecule has 2 aliphatic rings. The Morgan fingerprint density at radius 3 is 2.92 bits per heavy atom. The Morgan fingerprint density at radius 2 is 2.16 bits per heavy atom. The largest absolute Gasteiger partial charge is 0.368 e. The van der Waals surface area contributed by atoms with Crippen LogP contribution >= 0.6 is 11.3 Å². The summed E-state index contributed by atoms with van der Waals surface area (Å²) in [6.45, 7) is 1.92. The maximum absolute atomic E-state index is 12.6. The van der Waals surface area contributed by atoms with Gasteiger partial charge in [0.15, 0.2) is 0 Å². The number of aromatic nitrogens is 2. The Labute approximate surface area is 150 Å². The SMILES string of the molecule is O=C([C@@H]1CCCO1)N1CCC[C@@H](n2nc(-c3cccs3)ccc2=O)C1. The van der Waals surface area contributed by atoms with Gasteiger partial charge in [0.05, 0.1) is 10.9 Å². The van der Waals surface area contributed by atoms with Gasteiger partial charge in [0.2, 0.25) is 0 Å². The minimum atomic E-state index is -0.305. The highest BCUT2D eigenvalue weighted by atomic mass is 32.1. The normalized spacial score (nSPS) is 23.8. The van der Waals surface area contributed by atoms with Crippen molar-refractivity contribution in [1.29, 1.82) is 0 Å². The molecule has 0 aliphatic carbocycles. The van der Waals surface area contributed by atoms with Crippen molar-refractivity contribution < 1.29 is 9.53 Å². The third kappa shape index (κ3) is 3.39. The number of likely N-dealkylation sites (tertiary alicyclic amines) is 1. The van der Waals surface area contributed by atoms with Crippen molar-refractivity contribution in [2.75, 3.05) is 19.7 Å². The molecule has 2 saturated heterocycles. The van der Waals surface area contributed by atoms with Gasteiger partial charge in [0.25, 0.3) is 11.5 Å². The summed E-state index contributed by atoms with van der Waals surface area (Å²) < 4.78 is 7.09. The molecule has 2 atom stereocenters. The Hall–Kier alpha value is -1.99. The van der Waals surface area contributed by atoms with Crippen LogP contribution in [0.2, 0.25) is 0 Å². The predicted octanol–water partition coefficient (Wildman–Crippen LogP) is 2.31.